The van der Waals surface area contributed by atoms with Crippen LogP contribution in [-0.4, -0.2) is 34.2 Å². The number of hydrogen-bond acceptors (Lipinski definition) is 11. The number of methoxy groups -OCH3 is 4. The number of thiophene rings is 4. The third kappa shape index (κ3) is 8.13. The summed E-state index contributed by atoms with van der Waals surface area (Å²) < 4.78 is 21.7. The number of ketones is 1. The summed E-state index contributed by atoms with van der Waals surface area (Å²) in [5.74, 6) is 3.33. The van der Waals surface area contributed by atoms with Gasteiger partial charge in [0.25, 0.3) is 0 Å². The van der Waals surface area contributed by atoms with E-state index in [4.69, 9.17) is 18.9 Å². The molecule has 0 spiro atoms. The summed E-state index contributed by atoms with van der Waals surface area (Å²) in [7, 11) is 6.71. The van der Waals surface area contributed by atoms with Gasteiger partial charge < -0.3 is 28.7 Å². The first-order valence-corrected chi connectivity index (χ1v) is 25.0. The summed E-state index contributed by atoms with van der Waals surface area (Å²) in [4.78, 5) is 27.4. The number of fused-ring (bicyclic) bond motifs is 3. The van der Waals surface area contributed by atoms with E-state index >= 15 is 0 Å². The van der Waals surface area contributed by atoms with Crippen LogP contribution in [0.4, 0.5) is 34.1 Å². The highest BCUT2D eigenvalue weighted by Gasteiger charge is 2.33. The Morgan fingerprint density at radius 3 is 0.853 bits per heavy atom. The summed E-state index contributed by atoms with van der Waals surface area (Å²) in [6.07, 6.45) is 0. The molecular weight excluding hydrogens is 921 g/mol. The number of nitrogens with zero attached hydrogens (tertiary/aromatic N) is 2. The average Bonchev–Trinajstić information content (AvgIpc) is 4.26. The number of hydrogen-bond donors (Lipinski definition) is 0. The van der Waals surface area contributed by atoms with Crippen LogP contribution in [0, 0.1) is 0 Å². The van der Waals surface area contributed by atoms with Crippen LogP contribution in [0.25, 0.3) is 50.1 Å². The van der Waals surface area contributed by atoms with E-state index in [1.807, 2.05) is 48.5 Å². The van der Waals surface area contributed by atoms with Gasteiger partial charge in [0.1, 0.15) is 23.0 Å². The van der Waals surface area contributed by atoms with Gasteiger partial charge in [0.15, 0.2) is 5.78 Å². The molecule has 0 amide bonds. The van der Waals surface area contributed by atoms with Gasteiger partial charge in [-0.2, -0.15) is 0 Å². The molecule has 4 aromatic heterocycles. The van der Waals surface area contributed by atoms with Crippen LogP contribution in [0.15, 0.2) is 182 Å². The molecule has 0 fully saturated rings. The summed E-state index contributed by atoms with van der Waals surface area (Å²) in [5, 5.41) is 0. The van der Waals surface area contributed by atoms with Crippen LogP contribution in [0.5, 0.6) is 23.0 Å². The van der Waals surface area contributed by atoms with E-state index < -0.39 is 0 Å². The molecule has 10 aromatic rings. The summed E-state index contributed by atoms with van der Waals surface area (Å²) >= 11 is 6.93. The molecule has 0 saturated heterocycles. The van der Waals surface area contributed by atoms with E-state index in [9.17, 15) is 4.79 Å². The smallest absolute Gasteiger partial charge is 0.196 e. The van der Waals surface area contributed by atoms with Gasteiger partial charge >= 0.3 is 0 Å². The fourth-order valence-electron chi connectivity index (χ4n) is 8.46. The van der Waals surface area contributed by atoms with Crippen LogP contribution in [0.3, 0.4) is 0 Å². The molecule has 0 bridgehead atoms. The van der Waals surface area contributed by atoms with Gasteiger partial charge in [0, 0.05) is 74.5 Å². The molecule has 11 heteroatoms. The minimum Gasteiger partial charge on any atom is -0.497 e. The van der Waals surface area contributed by atoms with E-state index in [-0.39, 0.29) is 5.78 Å². The van der Waals surface area contributed by atoms with Crippen molar-refractivity contribution in [2.24, 2.45) is 0 Å². The second-order valence-corrected chi connectivity index (χ2v) is 20.2. The molecule has 0 aliphatic heterocycles. The van der Waals surface area contributed by atoms with Crippen molar-refractivity contribution in [2.75, 3.05) is 38.2 Å². The zero-order chi connectivity index (χ0) is 46.3. The number of ether oxygens (including phenoxy) is 4. The quantitative estimate of drug-likeness (QED) is 0.108. The predicted molar refractivity (Wildman–Crippen MR) is 284 cm³/mol. The van der Waals surface area contributed by atoms with Crippen molar-refractivity contribution in [1.29, 1.82) is 0 Å². The van der Waals surface area contributed by atoms with Crippen molar-refractivity contribution in [3.8, 4) is 73.1 Å². The Morgan fingerprint density at radius 1 is 0.309 bits per heavy atom. The first-order chi connectivity index (χ1) is 33.4. The molecule has 1 aliphatic carbocycles. The maximum absolute atomic E-state index is 13.9. The van der Waals surface area contributed by atoms with Crippen LogP contribution in [0.2, 0.25) is 0 Å². The number of carbonyl (C=O) groups is 1. The topological polar surface area (TPSA) is 60.5 Å². The molecule has 68 heavy (non-hydrogen) atoms. The second-order valence-electron chi connectivity index (χ2n) is 15.9. The molecule has 0 atom stereocenters. The molecule has 0 radical (unpaired) electrons. The monoisotopic (exact) mass is 962 g/mol. The second kappa shape index (κ2) is 18.3. The van der Waals surface area contributed by atoms with Gasteiger partial charge in [0.05, 0.1) is 38.2 Å². The minimum absolute atomic E-state index is 0.108. The van der Waals surface area contributed by atoms with Crippen LogP contribution in [0.1, 0.15) is 15.9 Å². The van der Waals surface area contributed by atoms with Crippen LogP contribution >= 0.6 is 45.3 Å². The Bertz CT molecular complexity index is 3060. The van der Waals surface area contributed by atoms with Crippen molar-refractivity contribution in [3.63, 3.8) is 0 Å². The number of benzene rings is 6. The molecule has 334 valence electrons. The van der Waals surface area contributed by atoms with Gasteiger partial charge in [-0.15, -0.1) is 45.3 Å². The van der Waals surface area contributed by atoms with Crippen molar-refractivity contribution in [1.82, 2.24) is 0 Å². The van der Waals surface area contributed by atoms with E-state index in [2.05, 4.69) is 143 Å². The van der Waals surface area contributed by atoms with E-state index in [1.54, 1.807) is 73.8 Å². The standard InChI is InChI=1S/C57H42N2O5S4/c1-61-43-21-13-39(14-22-43)58(40-15-23-44(62-2)24-16-40)37-9-5-35(6-10-37)49-29-31-51(65-49)53-33-47-55(60)48-34-54(68-57(48)56(47)67-53)52-32-30-50(66-52)36-7-11-38(12-8-36)59(41-17-25-45(63-3)26-18-41)42-19-27-46(64-4)28-20-42/h5-34H,1-4H3. The zero-order valence-electron chi connectivity index (χ0n) is 37.4. The summed E-state index contributed by atoms with van der Waals surface area (Å²) in [6, 6.07) is 62.6. The first kappa shape index (κ1) is 43.2. The number of rotatable bonds is 14. The average molecular weight is 963 g/mol. The Balaban J connectivity index is 0.814. The lowest BCUT2D eigenvalue weighted by Crippen LogP contribution is -2.09. The highest BCUT2D eigenvalue weighted by atomic mass is 32.1. The Labute approximate surface area is 410 Å². The van der Waals surface area contributed by atoms with Gasteiger partial charge in [-0.25, -0.2) is 0 Å². The molecule has 11 rings (SSSR count). The fraction of sp³-hybridized carbons (Fsp3) is 0.0702. The third-order valence-electron chi connectivity index (χ3n) is 12.0. The third-order valence-corrected chi connectivity index (χ3v) is 17.1. The lowest BCUT2D eigenvalue weighted by atomic mass is 10.1. The zero-order valence-corrected chi connectivity index (χ0v) is 40.7. The fourth-order valence-corrected chi connectivity index (χ4v) is 13.1. The maximum Gasteiger partial charge on any atom is 0.196 e. The summed E-state index contributed by atoms with van der Waals surface area (Å²) in [6.45, 7) is 0. The van der Waals surface area contributed by atoms with Crippen molar-refractivity contribution in [2.45, 2.75) is 0 Å². The normalized spacial score (nSPS) is 11.6. The van der Waals surface area contributed by atoms with Crippen molar-refractivity contribution >= 4 is 85.3 Å². The lowest BCUT2D eigenvalue weighted by molar-refractivity contribution is 0.104. The Morgan fingerprint density at radius 2 is 0.574 bits per heavy atom. The number of carbonyl (C=O) groups excluding carboxylic acids is 1. The molecule has 0 saturated carbocycles. The molecule has 7 nitrogen and oxygen atoms in total. The molecule has 6 aromatic carbocycles. The molecule has 0 N–H and O–H groups in total. The van der Waals surface area contributed by atoms with Crippen LogP contribution < -0.4 is 28.7 Å². The minimum atomic E-state index is 0.108. The van der Waals surface area contributed by atoms with Crippen LogP contribution in [-0.2, 0) is 0 Å². The predicted octanol–water partition coefficient (Wildman–Crippen LogP) is 16.8. The molecule has 1 aliphatic rings. The molecular formula is C57H42N2O5S4. The van der Waals surface area contributed by atoms with Gasteiger partial charge in [-0.3, -0.25) is 4.79 Å². The maximum atomic E-state index is 13.9. The molecule has 4 heterocycles. The lowest BCUT2D eigenvalue weighted by Gasteiger charge is -2.26. The highest BCUT2D eigenvalue weighted by Crippen LogP contribution is 2.53. The molecule has 0 unspecified atom stereocenters. The van der Waals surface area contributed by atoms with E-state index in [0.29, 0.717) is 0 Å². The Kier molecular flexibility index (Phi) is 11.7. The SMILES string of the molecule is COc1ccc(N(c2ccc(OC)cc2)c2ccc(-c3ccc(-c4cc5c(s4)-c4sc(-c6ccc(-c7ccc(N(c8ccc(OC)cc8)c8ccc(OC)cc8)cc7)s6)cc4C5=O)s3)cc2)cc1. The van der Waals surface area contributed by atoms with E-state index in [0.717, 1.165) is 109 Å². The van der Waals surface area contributed by atoms with Gasteiger partial charge in [-0.1, -0.05) is 24.3 Å². The van der Waals surface area contributed by atoms with E-state index in [1.165, 1.54) is 9.75 Å². The van der Waals surface area contributed by atoms with Gasteiger partial charge in [-0.05, 0) is 169 Å². The Hall–Kier alpha value is -7.41. The largest absolute Gasteiger partial charge is 0.497 e. The first-order valence-electron chi connectivity index (χ1n) is 21.8. The highest BCUT2D eigenvalue weighted by molar-refractivity contribution is 7.30. The summed E-state index contributed by atoms with van der Waals surface area (Å²) in [5.41, 5.74) is 10.0. The van der Waals surface area contributed by atoms with Crippen molar-refractivity contribution < 1.29 is 23.7 Å². The number of anilines is 6. The van der Waals surface area contributed by atoms with Gasteiger partial charge in [0.2, 0.25) is 0 Å². The van der Waals surface area contributed by atoms with Crippen molar-refractivity contribution in [3.05, 3.63) is 193 Å².